The summed E-state index contributed by atoms with van der Waals surface area (Å²) in [6, 6.07) is 9.84. The number of carbonyl (C=O) groups is 1. The highest BCUT2D eigenvalue weighted by Gasteiger charge is 2.17. The molecule has 2 aromatic carbocycles. The molecule has 4 nitrogen and oxygen atoms in total. The van der Waals surface area contributed by atoms with E-state index in [-0.39, 0.29) is 11.3 Å². The van der Waals surface area contributed by atoms with Crippen LogP contribution in [0.2, 0.25) is 5.02 Å². The second kappa shape index (κ2) is 5.84. The molecule has 5 heteroatoms. The van der Waals surface area contributed by atoms with Crippen molar-refractivity contribution in [1.82, 2.24) is 0 Å². The molecule has 1 amide bonds. The number of rotatable bonds is 3. The number of nitrogens with one attached hydrogen (secondary N) is 1. The molecule has 0 fully saturated rings. The highest BCUT2D eigenvalue weighted by atomic mass is 35.5. The van der Waals surface area contributed by atoms with Crippen LogP contribution in [0.3, 0.4) is 0 Å². The van der Waals surface area contributed by atoms with Crippen LogP contribution in [0.4, 0.5) is 5.69 Å². The fourth-order valence-electron chi connectivity index (χ4n) is 1.78. The predicted molar refractivity (Wildman–Crippen MR) is 78.8 cm³/mol. The van der Waals surface area contributed by atoms with Crippen molar-refractivity contribution in [2.24, 2.45) is 0 Å². The van der Waals surface area contributed by atoms with E-state index in [9.17, 15) is 9.90 Å². The maximum atomic E-state index is 12.2. The number of hydrogen-bond donors (Lipinski definition) is 2. The van der Waals surface area contributed by atoms with E-state index >= 15 is 0 Å². The Kier molecular flexibility index (Phi) is 4.15. The molecule has 104 valence electrons. The Morgan fingerprint density at radius 1 is 1.30 bits per heavy atom. The Morgan fingerprint density at radius 2 is 2.05 bits per heavy atom. The summed E-state index contributed by atoms with van der Waals surface area (Å²) in [6.07, 6.45) is 0. The summed E-state index contributed by atoms with van der Waals surface area (Å²) in [5.41, 5.74) is 1.56. The Morgan fingerprint density at radius 3 is 2.70 bits per heavy atom. The summed E-state index contributed by atoms with van der Waals surface area (Å²) in [5, 5.41) is 13.0. The van der Waals surface area contributed by atoms with Gasteiger partial charge in [-0.1, -0.05) is 23.7 Å². The molecule has 0 aliphatic heterocycles. The van der Waals surface area contributed by atoms with Crippen molar-refractivity contribution >= 4 is 23.2 Å². The molecule has 0 atom stereocenters. The highest BCUT2D eigenvalue weighted by molar-refractivity contribution is 6.31. The van der Waals surface area contributed by atoms with E-state index in [4.69, 9.17) is 16.3 Å². The second-order valence-electron chi connectivity index (χ2n) is 4.27. The van der Waals surface area contributed by atoms with Crippen LogP contribution in [-0.2, 0) is 0 Å². The topological polar surface area (TPSA) is 58.6 Å². The fraction of sp³-hybridized carbons (Fsp3) is 0.133. The highest BCUT2D eigenvalue weighted by Crippen LogP contribution is 2.28. The van der Waals surface area contributed by atoms with Crippen LogP contribution in [-0.4, -0.2) is 18.1 Å². The number of amides is 1. The average molecular weight is 292 g/mol. The Balaban J connectivity index is 2.30. The predicted octanol–water partition coefficient (Wildman–Crippen LogP) is 3.61. The van der Waals surface area contributed by atoms with Gasteiger partial charge in [-0.25, -0.2) is 0 Å². The van der Waals surface area contributed by atoms with Crippen molar-refractivity contribution in [2.75, 3.05) is 12.4 Å². The Bertz CT molecular complexity index is 656. The van der Waals surface area contributed by atoms with E-state index < -0.39 is 5.91 Å². The first-order valence-electron chi connectivity index (χ1n) is 5.96. The van der Waals surface area contributed by atoms with E-state index in [0.717, 1.165) is 5.56 Å². The van der Waals surface area contributed by atoms with Gasteiger partial charge in [-0.3, -0.25) is 4.79 Å². The number of benzene rings is 2. The second-order valence-corrected chi connectivity index (χ2v) is 4.68. The molecular formula is C15H14ClNO3. The standard InChI is InChI=1S/C15H14ClNO3/c1-9-6-7-10(8-11(9)16)17-15(19)14-12(18)4-3-5-13(14)20-2/h3-8,18H,1-2H3,(H,17,19). The van der Waals surface area contributed by atoms with Crippen molar-refractivity contribution < 1.29 is 14.6 Å². The zero-order valence-corrected chi connectivity index (χ0v) is 11.9. The lowest BCUT2D eigenvalue weighted by Crippen LogP contribution is -2.13. The van der Waals surface area contributed by atoms with E-state index in [2.05, 4.69) is 5.32 Å². The number of aromatic hydroxyl groups is 1. The first-order valence-corrected chi connectivity index (χ1v) is 6.34. The number of carbonyl (C=O) groups excluding carboxylic acids is 1. The Hall–Kier alpha value is -2.20. The molecule has 0 aliphatic carbocycles. The molecule has 0 spiro atoms. The van der Waals surface area contributed by atoms with Crippen LogP contribution in [0, 0.1) is 6.92 Å². The molecule has 0 saturated carbocycles. The number of hydrogen-bond acceptors (Lipinski definition) is 3. The molecule has 0 aliphatic rings. The molecule has 0 unspecified atom stereocenters. The monoisotopic (exact) mass is 291 g/mol. The van der Waals surface area contributed by atoms with Crippen molar-refractivity contribution in [3.63, 3.8) is 0 Å². The van der Waals surface area contributed by atoms with E-state index in [1.165, 1.54) is 13.2 Å². The minimum atomic E-state index is -0.458. The SMILES string of the molecule is COc1cccc(O)c1C(=O)Nc1ccc(C)c(Cl)c1. The third-order valence-corrected chi connectivity index (χ3v) is 3.29. The van der Waals surface area contributed by atoms with Crippen LogP contribution in [0.25, 0.3) is 0 Å². The minimum absolute atomic E-state index is 0.0895. The largest absolute Gasteiger partial charge is 0.507 e. The molecular weight excluding hydrogens is 278 g/mol. The van der Waals surface area contributed by atoms with Gasteiger partial charge in [-0.2, -0.15) is 0 Å². The van der Waals surface area contributed by atoms with Crippen LogP contribution < -0.4 is 10.1 Å². The van der Waals surface area contributed by atoms with Crippen LogP contribution in [0.15, 0.2) is 36.4 Å². The van der Waals surface area contributed by atoms with Gasteiger partial charge in [0.05, 0.1) is 7.11 Å². The lowest BCUT2D eigenvalue weighted by atomic mass is 10.1. The van der Waals surface area contributed by atoms with Gasteiger partial charge in [0.15, 0.2) is 0 Å². The zero-order valence-electron chi connectivity index (χ0n) is 11.1. The number of halogens is 1. The Labute approximate surface area is 122 Å². The summed E-state index contributed by atoms with van der Waals surface area (Å²) in [7, 11) is 1.44. The van der Waals surface area contributed by atoms with E-state index in [0.29, 0.717) is 16.5 Å². The summed E-state index contributed by atoms with van der Waals surface area (Å²) in [6.45, 7) is 1.87. The average Bonchev–Trinajstić information content (AvgIpc) is 2.42. The lowest BCUT2D eigenvalue weighted by molar-refractivity contribution is 0.102. The maximum Gasteiger partial charge on any atom is 0.263 e. The molecule has 0 radical (unpaired) electrons. The smallest absolute Gasteiger partial charge is 0.263 e. The van der Waals surface area contributed by atoms with Crippen molar-refractivity contribution in [3.05, 3.63) is 52.5 Å². The molecule has 0 aromatic heterocycles. The van der Waals surface area contributed by atoms with Crippen molar-refractivity contribution in [3.8, 4) is 11.5 Å². The summed E-state index contributed by atoms with van der Waals surface area (Å²) < 4.78 is 5.08. The van der Waals surface area contributed by atoms with Crippen molar-refractivity contribution in [2.45, 2.75) is 6.92 Å². The third-order valence-electron chi connectivity index (χ3n) is 2.88. The molecule has 0 bridgehead atoms. The van der Waals surface area contributed by atoms with Crippen LogP contribution >= 0.6 is 11.6 Å². The number of phenols is 1. The van der Waals surface area contributed by atoms with Gasteiger partial charge in [0.1, 0.15) is 17.1 Å². The summed E-state index contributed by atoms with van der Waals surface area (Å²) in [5.74, 6) is -0.291. The number of ether oxygens (including phenoxy) is 1. The van der Waals surface area contributed by atoms with Gasteiger partial charge in [-0.05, 0) is 36.8 Å². The minimum Gasteiger partial charge on any atom is -0.507 e. The fourth-order valence-corrected chi connectivity index (χ4v) is 1.96. The first kappa shape index (κ1) is 14.2. The van der Waals surface area contributed by atoms with Gasteiger partial charge in [0.2, 0.25) is 0 Å². The lowest BCUT2D eigenvalue weighted by Gasteiger charge is -2.11. The number of anilines is 1. The normalized spacial score (nSPS) is 10.2. The maximum absolute atomic E-state index is 12.2. The summed E-state index contributed by atoms with van der Waals surface area (Å²) in [4.78, 5) is 12.2. The van der Waals surface area contributed by atoms with Gasteiger partial charge >= 0.3 is 0 Å². The van der Waals surface area contributed by atoms with Gasteiger partial charge in [-0.15, -0.1) is 0 Å². The quantitative estimate of drug-likeness (QED) is 0.908. The van der Waals surface area contributed by atoms with Crippen LogP contribution in [0.1, 0.15) is 15.9 Å². The van der Waals surface area contributed by atoms with Gasteiger partial charge in [0, 0.05) is 10.7 Å². The number of methoxy groups -OCH3 is 1. The number of aryl methyl sites for hydroxylation is 1. The van der Waals surface area contributed by atoms with E-state index in [1.54, 1.807) is 30.3 Å². The van der Waals surface area contributed by atoms with Gasteiger partial charge < -0.3 is 15.2 Å². The van der Waals surface area contributed by atoms with Gasteiger partial charge in [0.25, 0.3) is 5.91 Å². The third kappa shape index (κ3) is 2.86. The molecule has 20 heavy (non-hydrogen) atoms. The molecule has 2 aromatic rings. The molecule has 2 rings (SSSR count). The molecule has 2 N–H and O–H groups in total. The molecule has 0 heterocycles. The summed E-state index contributed by atoms with van der Waals surface area (Å²) >= 11 is 6.01. The molecule has 0 saturated heterocycles. The zero-order chi connectivity index (χ0) is 14.7. The van der Waals surface area contributed by atoms with E-state index in [1.807, 2.05) is 6.92 Å². The number of phenolic OH excluding ortho intramolecular Hbond substituents is 1. The van der Waals surface area contributed by atoms with Crippen molar-refractivity contribution in [1.29, 1.82) is 0 Å². The van der Waals surface area contributed by atoms with Crippen LogP contribution in [0.5, 0.6) is 11.5 Å². The first-order chi connectivity index (χ1) is 9.52.